The van der Waals surface area contributed by atoms with Crippen LogP contribution in [0.25, 0.3) is 16.6 Å². The Morgan fingerprint density at radius 3 is 2.74 bits per heavy atom. The van der Waals surface area contributed by atoms with E-state index in [1.54, 1.807) is 13.8 Å². The minimum atomic E-state index is -0.889. The predicted molar refractivity (Wildman–Crippen MR) is 131 cm³/mol. The van der Waals surface area contributed by atoms with Crippen LogP contribution in [0.15, 0.2) is 18.3 Å². The Labute approximate surface area is 202 Å². The number of halogens is 1. The fourth-order valence-corrected chi connectivity index (χ4v) is 4.72. The van der Waals surface area contributed by atoms with Gasteiger partial charge in [0, 0.05) is 31.3 Å². The number of hydrogen-bond acceptors (Lipinski definition) is 8. The van der Waals surface area contributed by atoms with Crippen molar-refractivity contribution in [3.05, 3.63) is 35.7 Å². The van der Waals surface area contributed by atoms with Gasteiger partial charge in [0.15, 0.2) is 11.5 Å². The summed E-state index contributed by atoms with van der Waals surface area (Å²) >= 11 is 0. The average molecular weight is 483 g/mol. The Bertz CT molecular complexity index is 1410. The van der Waals surface area contributed by atoms with Gasteiger partial charge in [-0.2, -0.15) is 9.61 Å². The highest BCUT2D eigenvalue weighted by Crippen LogP contribution is 2.34. The topological polar surface area (TPSA) is 120 Å². The molecular formula is C24H31FN8O2. The van der Waals surface area contributed by atoms with E-state index in [1.807, 2.05) is 24.7 Å². The third-order valence-corrected chi connectivity index (χ3v) is 7.00. The van der Waals surface area contributed by atoms with E-state index in [9.17, 15) is 9.50 Å². The van der Waals surface area contributed by atoms with Crippen LogP contribution < -0.4 is 15.4 Å². The quantitative estimate of drug-likeness (QED) is 0.445. The van der Waals surface area contributed by atoms with E-state index in [1.165, 1.54) is 23.8 Å². The molecule has 186 valence electrons. The zero-order valence-corrected chi connectivity index (χ0v) is 20.7. The molecule has 1 aromatic carbocycles. The second-order valence-corrected chi connectivity index (χ2v) is 9.87. The maximum absolute atomic E-state index is 14.3. The molecule has 0 spiro atoms. The SMILES string of the molecule is COc1cc(F)cc2c1nc(N)n1nc([C@@H]3CCCN(c4cn([C@H](C)C(C)(C)O)nc4C)C3)nc21. The van der Waals surface area contributed by atoms with Crippen LogP contribution in [-0.2, 0) is 0 Å². The van der Waals surface area contributed by atoms with Crippen LogP contribution in [0.2, 0.25) is 0 Å². The van der Waals surface area contributed by atoms with Gasteiger partial charge in [-0.15, -0.1) is 5.10 Å². The van der Waals surface area contributed by atoms with Crippen molar-refractivity contribution < 1.29 is 14.2 Å². The van der Waals surface area contributed by atoms with Crippen LogP contribution in [0.3, 0.4) is 0 Å². The number of nitrogen functional groups attached to an aromatic ring is 1. The number of aliphatic hydroxyl groups is 1. The summed E-state index contributed by atoms with van der Waals surface area (Å²) in [6.45, 7) is 9.11. The van der Waals surface area contributed by atoms with Crippen molar-refractivity contribution in [1.82, 2.24) is 29.4 Å². The summed E-state index contributed by atoms with van der Waals surface area (Å²) in [4.78, 5) is 11.5. The smallest absolute Gasteiger partial charge is 0.223 e. The molecule has 10 nitrogen and oxygen atoms in total. The molecule has 5 rings (SSSR count). The summed E-state index contributed by atoms with van der Waals surface area (Å²) in [5, 5.41) is 20.2. The van der Waals surface area contributed by atoms with E-state index in [2.05, 4.69) is 20.1 Å². The number of benzene rings is 1. The van der Waals surface area contributed by atoms with E-state index >= 15 is 0 Å². The molecule has 35 heavy (non-hydrogen) atoms. The minimum absolute atomic E-state index is 0.0583. The molecule has 1 saturated heterocycles. The third kappa shape index (κ3) is 4.03. The van der Waals surface area contributed by atoms with Gasteiger partial charge < -0.3 is 20.5 Å². The molecule has 0 aliphatic carbocycles. The second-order valence-electron chi connectivity index (χ2n) is 9.87. The Balaban J connectivity index is 1.49. The zero-order chi connectivity index (χ0) is 25.1. The molecule has 1 aliphatic rings. The molecule has 1 aliphatic heterocycles. The molecule has 1 fully saturated rings. The van der Waals surface area contributed by atoms with Gasteiger partial charge in [-0.1, -0.05) is 0 Å². The lowest BCUT2D eigenvalue weighted by atomic mass is 9.97. The van der Waals surface area contributed by atoms with E-state index in [4.69, 9.17) is 15.5 Å². The fraction of sp³-hybridized carbons (Fsp3) is 0.500. The fourth-order valence-electron chi connectivity index (χ4n) is 4.72. The zero-order valence-electron chi connectivity index (χ0n) is 20.7. The summed E-state index contributed by atoms with van der Waals surface area (Å²) in [5.41, 5.74) is 8.15. The van der Waals surface area contributed by atoms with E-state index in [0.29, 0.717) is 34.7 Å². The number of aryl methyl sites for hydroxylation is 1. The van der Waals surface area contributed by atoms with Gasteiger partial charge in [0.2, 0.25) is 5.95 Å². The van der Waals surface area contributed by atoms with Crippen molar-refractivity contribution in [2.24, 2.45) is 0 Å². The third-order valence-electron chi connectivity index (χ3n) is 7.00. The number of ether oxygens (including phenoxy) is 1. The first-order chi connectivity index (χ1) is 16.6. The van der Waals surface area contributed by atoms with E-state index < -0.39 is 11.4 Å². The number of rotatable bonds is 5. The Morgan fingerprint density at radius 1 is 1.26 bits per heavy atom. The van der Waals surface area contributed by atoms with Crippen LogP contribution in [0.5, 0.6) is 5.75 Å². The number of hydrogen-bond donors (Lipinski definition) is 2. The molecule has 3 aromatic heterocycles. The summed E-state index contributed by atoms with van der Waals surface area (Å²) in [7, 11) is 1.47. The number of anilines is 2. The van der Waals surface area contributed by atoms with E-state index in [-0.39, 0.29) is 17.9 Å². The number of methoxy groups -OCH3 is 1. The van der Waals surface area contributed by atoms with Crippen LogP contribution in [0, 0.1) is 12.7 Å². The van der Waals surface area contributed by atoms with Crippen molar-refractivity contribution in [2.75, 3.05) is 30.8 Å². The van der Waals surface area contributed by atoms with Crippen molar-refractivity contribution in [3.8, 4) is 5.75 Å². The molecule has 11 heteroatoms. The number of aromatic nitrogens is 6. The van der Waals surface area contributed by atoms with Crippen LogP contribution >= 0.6 is 0 Å². The van der Waals surface area contributed by atoms with Gasteiger partial charge in [0.25, 0.3) is 0 Å². The Morgan fingerprint density at radius 2 is 2.03 bits per heavy atom. The summed E-state index contributed by atoms with van der Waals surface area (Å²) in [5.74, 6) is 0.734. The van der Waals surface area contributed by atoms with Gasteiger partial charge in [-0.05, 0) is 46.6 Å². The summed E-state index contributed by atoms with van der Waals surface area (Å²) in [6.07, 6.45) is 3.88. The maximum Gasteiger partial charge on any atom is 0.223 e. The average Bonchev–Trinajstić information content (AvgIpc) is 3.43. The van der Waals surface area contributed by atoms with Crippen molar-refractivity contribution >= 4 is 28.2 Å². The van der Waals surface area contributed by atoms with Crippen molar-refractivity contribution in [3.63, 3.8) is 0 Å². The van der Waals surface area contributed by atoms with Gasteiger partial charge in [-0.3, -0.25) is 4.68 Å². The monoisotopic (exact) mass is 482 g/mol. The molecule has 0 saturated carbocycles. The number of fused-ring (bicyclic) bond motifs is 3. The standard InChI is InChI=1S/C24H31FN8O2/c1-13-18(12-32(29-13)14(2)24(3,4)34)31-8-6-7-15(11-31)21-28-22-17-9-16(25)10-19(35-5)20(17)27-23(26)33(22)30-21/h9-10,12,14-15,34H,6-8,11H2,1-5H3,(H2,26,27)/t14-,15-/m1/s1. The Kier molecular flexibility index (Phi) is 5.54. The minimum Gasteiger partial charge on any atom is -0.494 e. The molecule has 0 amide bonds. The van der Waals surface area contributed by atoms with Gasteiger partial charge >= 0.3 is 0 Å². The summed E-state index contributed by atoms with van der Waals surface area (Å²) in [6, 6.07) is 2.49. The second kappa shape index (κ2) is 8.33. The first-order valence-electron chi connectivity index (χ1n) is 11.8. The molecule has 0 bridgehead atoms. The highest BCUT2D eigenvalue weighted by Gasteiger charge is 2.30. The first-order valence-corrected chi connectivity index (χ1v) is 11.8. The number of piperidine rings is 1. The molecule has 4 heterocycles. The van der Waals surface area contributed by atoms with Crippen LogP contribution in [0.4, 0.5) is 16.0 Å². The summed E-state index contributed by atoms with van der Waals surface area (Å²) < 4.78 is 22.9. The predicted octanol–water partition coefficient (Wildman–Crippen LogP) is 3.23. The molecule has 0 unspecified atom stereocenters. The largest absolute Gasteiger partial charge is 0.494 e. The van der Waals surface area contributed by atoms with Crippen LogP contribution in [-0.4, -0.2) is 60.3 Å². The first kappa shape index (κ1) is 23.3. The van der Waals surface area contributed by atoms with E-state index in [0.717, 1.165) is 30.8 Å². The molecule has 2 atom stereocenters. The Hall–Kier alpha value is -3.47. The number of nitrogens with two attached hydrogens (primary N) is 1. The highest BCUT2D eigenvalue weighted by atomic mass is 19.1. The van der Waals surface area contributed by atoms with Gasteiger partial charge in [0.05, 0.1) is 35.5 Å². The lowest BCUT2D eigenvalue weighted by Gasteiger charge is -2.32. The van der Waals surface area contributed by atoms with Crippen molar-refractivity contribution in [1.29, 1.82) is 0 Å². The molecule has 3 N–H and O–H groups in total. The molecular weight excluding hydrogens is 451 g/mol. The number of nitrogens with zero attached hydrogens (tertiary/aromatic N) is 7. The maximum atomic E-state index is 14.3. The van der Waals surface area contributed by atoms with Gasteiger partial charge in [-0.25, -0.2) is 14.4 Å². The molecule has 4 aromatic rings. The van der Waals surface area contributed by atoms with Crippen LogP contribution in [0.1, 0.15) is 57.1 Å². The lowest BCUT2D eigenvalue weighted by molar-refractivity contribution is 0.0257. The normalized spacial score (nSPS) is 17.9. The van der Waals surface area contributed by atoms with Crippen molar-refractivity contribution in [2.45, 2.75) is 58.1 Å². The lowest BCUT2D eigenvalue weighted by Crippen LogP contribution is -2.35. The highest BCUT2D eigenvalue weighted by molar-refractivity contribution is 5.95. The van der Waals surface area contributed by atoms with Gasteiger partial charge in [0.1, 0.15) is 17.1 Å². The molecule has 0 radical (unpaired) electrons.